The van der Waals surface area contributed by atoms with Gasteiger partial charge in [0.1, 0.15) is 6.10 Å². The lowest BCUT2D eigenvalue weighted by Gasteiger charge is -2.29. The maximum absolute atomic E-state index is 11.9. The molecule has 3 heteroatoms. The molecular formula is C14H25NO2. The summed E-state index contributed by atoms with van der Waals surface area (Å²) in [5.41, 5.74) is 0. The third-order valence-corrected chi connectivity index (χ3v) is 4.17. The van der Waals surface area contributed by atoms with Crippen molar-refractivity contribution in [2.75, 3.05) is 13.1 Å². The molecule has 0 aromatic carbocycles. The molecule has 0 spiro atoms. The average Bonchev–Trinajstić information content (AvgIpc) is 2.33. The van der Waals surface area contributed by atoms with Gasteiger partial charge in [-0.15, -0.1) is 0 Å². The van der Waals surface area contributed by atoms with Crippen molar-refractivity contribution in [2.45, 2.75) is 58.0 Å². The monoisotopic (exact) mass is 239 g/mol. The van der Waals surface area contributed by atoms with E-state index in [9.17, 15) is 4.79 Å². The van der Waals surface area contributed by atoms with Crippen LogP contribution in [0.5, 0.6) is 0 Å². The van der Waals surface area contributed by atoms with Gasteiger partial charge in [-0.25, -0.2) is 0 Å². The fourth-order valence-electron chi connectivity index (χ4n) is 3.01. The van der Waals surface area contributed by atoms with Gasteiger partial charge in [0.05, 0.1) is 0 Å². The van der Waals surface area contributed by atoms with Crippen molar-refractivity contribution >= 4 is 5.97 Å². The van der Waals surface area contributed by atoms with Crippen molar-refractivity contribution in [3.05, 3.63) is 0 Å². The number of esters is 1. The highest BCUT2D eigenvalue weighted by molar-refractivity contribution is 5.70. The molecule has 3 atom stereocenters. The SMILES string of the molecule is CC1CCCCC1OC(=O)CC1CCCNC1. The summed E-state index contributed by atoms with van der Waals surface area (Å²) in [5, 5.41) is 3.34. The Balaban J connectivity index is 1.72. The van der Waals surface area contributed by atoms with Crippen LogP contribution >= 0.6 is 0 Å². The smallest absolute Gasteiger partial charge is 0.306 e. The van der Waals surface area contributed by atoms with Crippen LogP contribution in [-0.2, 0) is 9.53 Å². The van der Waals surface area contributed by atoms with Gasteiger partial charge in [0, 0.05) is 6.42 Å². The quantitative estimate of drug-likeness (QED) is 0.769. The van der Waals surface area contributed by atoms with E-state index in [1.54, 1.807) is 0 Å². The van der Waals surface area contributed by atoms with Crippen LogP contribution in [0.25, 0.3) is 0 Å². The molecule has 3 unspecified atom stereocenters. The summed E-state index contributed by atoms with van der Waals surface area (Å²) in [6.45, 7) is 4.29. The van der Waals surface area contributed by atoms with E-state index in [0.717, 1.165) is 19.5 Å². The number of piperidine rings is 1. The summed E-state index contributed by atoms with van der Waals surface area (Å²) >= 11 is 0. The lowest BCUT2D eigenvalue weighted by molar-refractivity contribution is -0.154. The zero-order valence-electron chi connectivity index (χ0n) is 10.9. The van der Waals surface area contributed by atoms with Gasteiger partial charge in [-0.05, 0) is 57.0 Å². The first-order valence-electron chi connectivity index (χ1n) is 7.16. The third-order valence-electron chi connectivity index (χ3n) is 4.17. The minimum atomic E-state index is 0.0254. The topological polar surface area (TPSA) is 38.3 Å². The largest absolute Gasteiger partial charge is 0.462 e. The van der Waals surface area contributed by atoms with Crippen LogP contribution in [0.1, 0.15) is 51.9 Å². The van der Waals surface area contributed by atoms with Gasteiger partial charge in [-0.1, -0.05) is 13.3 Å². The molecule has 1 aliphatic heterocycles. The highest BCUT2D eigenvalue weighted by atomic mass is 16.5. The fourth-order valence-corrected chi connectivity index (χ4v) is 3.01. The summed E-state index contributed by atoms with van der Waals surface area (Å²) in [7, 11) is 0. The Bertz CT molecular complexity index is 249. The van der Waals surface area contributed by atoms with Crippen LogP contribution in [0.4, 0.5) is 0 Å². The molecular weight excluding hydrogens is 214 g/mol. The Kier molecular flexibility index (Phi) is 4.84. The molecule has 1 saturated carbocycles. The Labute approximate surface area is 104 Å². The van der Waals surface area contributed by atoms with Crippen molar-refractivity contribution in [3.8, 4) is 0 Å². The first-order chi connectivity index (χ1) is 8.25. The molecule has 1 N–H and O–H groups in total. The number of ether oxygens (including phenoxy) is 1. The van der Waals surface area contributed by atoms with Gasteiger partial charge in [0.15, 0.2) is 0 Å². The highest BCUT2D eigenvalue weighted by Crippen LogP contribution is 2.27. The van der Waals surface area contributed by atoms with Gasteiger partial charge in [-0.3, -0.25) is 4.79 Å². The van der Waals surface area contributed by atoms with Crippen LogP contribution in [0.15, 0.2) is 0 Å². The second-order valence-corrected chi connectivity index (χ2v) is 5.71. The standard InChI is InChI=1S/C14H25NO2/c1-11-5-2-3-7-13(11)17-14(16)9-12-6-4-8-15-10-12/h11-13,15H,2-10H2,1H3. The lowest BCUT2D eigenvalue weighted by atomic mass is 9.88. The minimum Gasteiger partial charge on any atom is -0.462 e. The molecule has 1 saturated heterocycles. The Hall–Kier alpha value is -0.570. The van der Waals surface area contributed by atoms with Crippen LogP contribution in [0, 0.1) is 11.8 Å². The maximum atomic E-state index is 11.9. The summed E-state index contributed by atoms with van der Waals surface area (Å²) in [4.78, 5) is 11.9. The van der Waals surface area contributed by atoms with Crippen LogP contribution in [0.2, 0.25) is 0 Å². The average molecular weight is 239 g/mol. The zero-order chi connectivity index (χ0) is 12.1. The summed E-state index contributed by atoms with van der Waals surface area (Å²) in [6, 6.07) is 0. The van der Waals surface area contributed by atoms with Crippen molar-refractivity contribution in [1.29, 1.82) is 0 Å². The van der Waals surface area contributed by atoms with Crippen LogP contribution in [0.3, 0.4) is 0 Å². The molecule has 0 aromatic heterocycles. The minimum absolute atomic E-state index is 0.0254. The van der Waals surface area contributed by atoms with Crippen LogP contribution in [-0.4, -0.2) is 25.2 Å². The molecule has 1 aliphatic carbocycles. The molecule has 2 aliphatic rings. The fraction of sp³-hybridized carbons (Fsp3) is 0.929. The molecule has 0 aromatic rings. The number of rotatable bonds is 3. The summed E-state index contributed by atoms with van der Waals surface area (Å²) in [6.07, 6.45) is 7.94. The summed E-state index contributed by atoms with van der Waals surface area (Å²) in [5.74, 6) is 1.07. The van der Waals surface area contributed by atoms with E-state index >= 15 is 0 Å². The lowest BCUT2D eigenvalue weighted by Crippen LogP contribution is -2.33. The molecule has 1 heterocycles. The molecule has 0 radical (unpaired) electrons. The Morgan fingerprint density at radius 1 is 1.24 bits per heavy atom. The molecule has 0 bridgehead atoms. The number of carbonyl (C=O) groups excluding carboxylic acids is 1. The van der Waals surface area contributed by atoms with Gasteiger partial charge in [0.2, 0.25) is 0 Å². The van der Waals surface area contributed by atoms with E-state index in [-0.39, 0.29) is 12.1 Å². The Morgan fingerprint density at radius 3 is 2.76 bits per heavy atom. The molecule has 98 valence electrons. The van der Waals surface area contributed by atoms with Gasteiger partial charge < -0.3 is 10.1 Å². The molecule has 0 amide bonds. The molecule has 17 heavy (non-hydrogen) atoms. The zero-order valence-corrected chi connectivity index (χ0v) is 10.9. The van der Waals surface area contributed by atoms with Crippen molar-refractivity contribution < 1.29 is 9.53 Å². The maximum Gasteiger partial charge on any atom is 0.306 e. The van der Waals surface area contributed by atoms with E-state index in [2.05, 4.69) is 12.2 Å². The van der Waals surface area contributed by atoms with E-state index in [0.29, 0.717) is 18.3 Å². The van der Waals surface area contributed by atoms with Crippen molar-refractivity contribution in [3.63, 3.8) is 0 Å². The summed E-state index contributed by atoms with van der Waals surface area (Å²) < 4.78 is 5.64. The number of hydrogen-bond donors (Lipinski definition) is 1. The highest BCUT2D eigenvalue weighted by Gasteiger charge is 2.26. The predicted octanol–water partition coefficient (Wildman–Crippen LogP) is 2.50. The normalized spacial score (nSPS) is 34.3. The third kappa shape index (κ3) is 3.98. The molecule has 2 fully saturated rings. The van der Waals surface area contributed by atoms with E-state index in [1.165, 1.54) is 32.1 Å². The van der Waals surface area contributed by atoms with Gasteiger partial charge in [-0.2, -0.15) is 0 Å². The van der Waals surface area contributed by atoms with Gasteiger partial charge in [0.25, 0.3) is 0 Å². The van der Waals surface area contributed by atoms with E-state index < -0.39 is 0 Å². The Morgan fingerprint density at radius 2 is 2.06 bits per heavy atom. The van der Waals surface area contributed by atoms with E-state index in [1.807, 2.05) is 0 Å². The first-order valence-corrected chi connectivity index (χ1v) is 7.16. The second-order valence-electron chi connectivity index (χ2n) is 5.71. The van der Waals surface area contributed by atoms with Crippen molar-refractivity contribution in [2.24, 2.45) is 11.8 Å². The molecule has 3 nitrogen and oxygen atoms in total. The van der Waals surface area contributed by atoms with Crippen molar-refractivity contribution in [1.82, 2.24) is 5.32 Å². The first kappa shape index (κ1) is 12.9. The predicted molar refractivity (Wildman–Crippen MR) is 67.7 cm³/mol. The van der Waals surface area contributed by atoms with Crippen LogP contribution < -0.4 is 5.32 Å². The molecule has 2 rings (SSSR count). The van der Waals surface area contributed by atoms with Gasteiger partial charge >= 0.3 is 5.97 Å². The second kappa shape index (κ2) is 6.39. The van der Waals surface area contributed by atoms with E-state index in [4.69, 9.17) is 4.74 Å². The number of carbonyl (C=O) groups is 1. The number of nitrogens with one attached hydrogen (secondary N) is 1. The number of hydrogen-bond acceptors (Lipinski definition) is 3.